The van der Waals surface area contributed by atoms with Gasteiger partial charge in [0.15, 0.2) is 0 Å². The van der Waals surface area contributed by atoms with Crippen molar-refractivity contribution >= 4 is 5.69 Å². The van der Waals surface area contributed by atoms with Crippen LogP contribution in [0.3, 0.4) is 0 Å². The van der Waals surface area contributed by atoms with Crippen LogP contribution in [-0.4, -0.2) is 9.55 Å². The lowest BCUT2D eigenvalue weighted by atomic mass is 10.1. The van der Waals surface area contributed by atoms with Crippen molar-refractivity contribution in [2.45, 2.75) is 46.2 Å². The van der Waals surface area contributed by atoms with E-state index in [1.807, 2.05) is 12.5 Å². The summed E-state index contributed by atoms with van der Waals surface area (Å²) in [6, 6.07) is 9.16. The Morgan fingerprint density at radius 3 is 2.58 bits per heavy atom. The van der Waals surface area contributed by atoms with Gasteiger partial charge in [-0.2, -0.15) is 0 Å². The third-order valence-electron chi connectivity index (χ3n) is 3.27. The molecule has 102 valence electrons. The minimum Gasteiger partial charge on any atom is -0.379 e. The van der Waals surface area contributed by atoms with Gasteiger partial charge in [0.05, 0.1) is 18.6 Å². The molecule has 0 bridgehead atoms. The van der Waals surface area contributed by atoms with Gasteiger partial charge < -0.3 is 9.88 Å². The maximum absolute atomic E-state index is 4.22. The predicted molar refractivity (Wildman–Crippen MR) is 80.4 cm³/mol. The van der Waals surface area contributed by atoms with Gasteiger partial charge >= 0.3 is 0 Å². The summed E-state index contributed by atoms with van der Waals surface area (Å²) in [5.74, 6) is 0. The lowest BCUT2D eigenvalue weighted by Gasteiger charge is -2.13. The lowest BCUT2D eigenvalue weighted by Crippen LogP contribution is -2.08. The van der Waals surface area contributed by atoms with Gasteiger partial charge in [-0.15, -0.1) is 0 Å². The van der Waals surface area contributed by atoms with Crippen LogP contribution in [0, 0.1) is 0 Å². The fourth-order valence-electron chi connectivity index (χ4n) is 2.20. The number of aromatic nitrogens is 2. The zero-order valence-corrected chi connectivity index (χ0v) is 12.1. The molecule has 1 heterocycles. The van der Waals surface area contributed by atoms with E-state index in [0.29, 0.717) is 6.04 Å². The number of nitrogens with zero attached hydrogens (tertiary/aromatic N) is 2. The Kier molecular flexibility index (Phi) is 4.61. The van der Waals surface area contributed by atoms with Gasteiger partial charge in [0.25, 0.3) is 0 Å². The maximum atomic E-state index is 4.22. The molecule has 0 unspecified atom stereocenters. The lowest BCUT2D eigenvalue weighted by molar-refractivity contribution is 0.577. The summed E-state index contributed by atoms with van der Waals surface area (Å²) < 4.78 is 2.19. The van der Waals surface area contributed by atoms with Gasteiger partial charge in [-0.25, -0.2) is 4.98 Å². The number of rotatable bonds is 6. The van der Waals surface area contributed by atoms with Crippen molar-refractivity contribution < 1.29 is 0 Å². The Bertz CT molecular complexity index is 497. The summed E-state index contributed by atoms with van der Waals surface area (Å²) in [5, 5.41) is 3.45. The molecular formula is C16H23N3. The Hall–Kier alpha value is -1.77. The highest BCUT2D eigenvalue weighted by molar-refractivity contribution is 5.44. The first-order valence-electron chi connectivity index (χ1n) is 7.04. The van der Waals surface area contributed by atoms with Gasteiger partial charge in [-0.05, 0) is 38.0 Å². The molecule has 0 aliphatic heterocycles. The average Bonchev–Trinajstić information content (AvgIpc) is 2.87. The quantitative estimate of drug-likeness (QED) is 0.846. The first kappa shape index (κ1) is 13.7. The Morgan fingerprint density at radius 1 is 1.21 bits per heavy atom. The van der Waals surface area contributed by atoms with E-state index in [2.05, 4.69) is 59.9 Å². The molecule has 1 aromatic carbocycles. The minimum absolute atomic E-state index is 0.450. The van der Waals surface area contributed by atoms with Gasteiger partial charge in [0.1, 0.15) is 0 Å². The Balaban J connectivity index is 1.96. The van der Waals surface area contributed by atoms with Crippen molar-refractivity contribution in [1.82, 2.24) is 9.55 Å². The summed E-state index contributed by atoms with van der Waals surface area (Å²) in [6.07, 6.45) is 6.17. The summed E-state index contributed by atoms with van der Waals surface area (Å²) in [6.45, 7) is 7.36. The standard InChI is InChI=1S/C16H23N3/c1-4-5-14-6-8-15(9-7-14)18-11-16-10-17-12-19(16)13(2)3/h6-10,12-13,18H,4-5,11H2,1-3H3. The molecule has 2 aromatic rings. The van der Waals surface area contributed by atoms with Crippen molar-refractivity contribution in [1.29, 1.82) is 0 Å². The van der Waals surface area contributed by atoms with Crippen molar-refractivity contribution in [2.75, 3.05) is 5.32 Å². The maximum Gasteiger partial charge on any atom is 0.0951 e. The van der Waals surface area contributed by atoms with Crippen LogP contribution < -0.4 is 5.32 Å². The number of benzene rings is 1. The van der Waals surface area contributed by atoms with Crippen LogP contribution in [0.15, 0.2) is 36.8 Å². The Labute approximate surface area is 115 Å². The van der Waals surface area contributed by atoms with E-state index in [1.54, 1.807) is 0 Å². The van der Waals surface area contributed by atoms with Gasteiger partial charge in [-0.1, -0.05) is 25.5 Å². The molecule has 0 saturated carbocycles. The van der Waals surface area contributed by atoms with Crippen molar-refractivity contribution in [3.8, 4) is 0 Å². The molecule has 0 fully saturated rings. The van der Waals surface area contributed by atoms with Crippen molar-refractivity contribution in [3.63, 3.8) is 0 Å². The number of anilines is 1. The molecule has 2 rings (SSSR count). The average molecular weight is 257 g/mol. The second-order valence-corrected chi connectivity index (χ2v) is 5.19. The fourth-order valence-corrected chi connectivity index (χ4v) is 2.20. The molecule has 0 aliphatic rings. The molecule has 0 spiro atoms. The fraction of sp³-hybridized carbons (Fsp3) is 0.438. The van der Waals surface area contributed by atoms with Crippen molar-refractivity contribution in [3.05, 3.63) is 48.0 Å². The first-order valence-corrected chi connectivity index (χ1v) is 7.04. The van der Waals surface area contributed by atoms with Crippen LogP contribution in [0.5, 0.6) is 0 Å². The molecule has 19 heavy (non-hydrogen) atoms. The van der Waals surface area contributed by atoms with Crippen LogP contribution in [0.1, 0.15) is 44.5 Å². The molecule has 0 aliphatic carbocycles. The van der Waals surface area contributed by atoms with Crippen LogP contribution in [0.2, 0.25) is 0 Å². The molecule has 0 amide bonds. The van der Waals surface area contributed by atoms with E-state index in [9.17, 15) is 0 Å². The molecule has 0 saturated heterocycles. The number of hydrogen-bond donors (Lipinski definition) is 1. The van der Waals surface area contributed by atoms with Gasteiger partial charge in [0, 0.05) is 17.9 Å². The summed E-state index contributed by atoms with van der Waals surface area (Å²) in [4.78, 5) is 4.22. The van der Waals surface area contributed by atoms with Crippen molar-refractivity contribution in [2.24, 2.45) is 0 Å². The zero-order chi connectivity index (χ0) is 13.7. The van der Waals surface area contributed by atoms with Gasteiger partial charge in [-0.3, -0.25) is 0 Å². The van der Waals surface area contributed by atoms with Crippen LogP contribution >= 0.6 is 0 Å². The van der Waals surface area contributed by atoms with Crippen LogP contribution in [-0.2, 0) is 13.0 Å². The molecular weight excluding hydrogens is 234 g/mol. The second kappa shape index (κ2) is 6.41. The van der Waals surface area contributed by atoms with E-state index in [-0.39, 0.29) is 0 Å². The second-order valence-electron chi connectivity index (χ2n) is 5.19. The summed E-state index contributed by atoms with van der Waals surface area (Å²) in [5.41, 5.74) is 3.78. The molecule has 3 nitrogen and oxygen atoms in total. The molecule has 0 radical (unpaired) electrons. The smallest absolute Gasteiger partial charge is 0.0951 e. The van der Waals surface area contributed by atoms with E-state index in [0.717, 1.165) is 18.7 Å². The molecule has 0 atom stereocenters. The summed E-state index contributed by atoms with van der Waals surface area (Å²) >= 11 is 0. The molecule has 1 N–H and O–H groups in total. The van der Waals surface area contributed by atoms with Crippen LogP contribution in [0.25, 0.3) is 0 Å². The highest BCUT2D eigenvalue weighted by atomic mass is 15.1. The monoisotopic (exact) mass is 257 g/mol. The van der Waals surface area contributed by atoms with Gasteiger partial charge in [0.2, 0.25) is 0 Å². The summed E-state index contributed by atoms with van der Waals surface area (Å²) in [7, 11) is 0. The highest BCUT2D eigenvalue weighted by Crippen LogP contribution is 2.14. The number of aryl methyl sites for hydroxylation is 1. The molecule has 1 aromatic heterocycles. The normalized spacial score (nSPS) is 10.9. The minimum atomic E-state index is 0.450. The Morgan fingerprint density at radius 2 is 1.95 bits per heavy atom. The van der Waals surface area contributed by atoms with Crippen LogP contribution in [0.4, 0.5) is 5.69 Å². The largest absolute Gasteiger partial charge is 0.379 e. The van der Waals surface area contributed by atoms with E-state index in [1.165, 1.54) is 17.7 Å². The number of nitrogens with one attached hydrogen (secondary N) is 1. The van der Waals surface area contributed by atoms with E-state index >= 15 is 0 Å². The van der Waals surface area contributed by atoms with E-state index in [4.69, 9.17) is 0 Å². The first-order chi connectivity index (χ1) is 9.20. The number of imidazole rings is 1. The SMILES string of the molecule is CCCc1ccc(NCc2cncn2C(C)C)cc1. The zero-order valence-electron chi connectivity index (χ0n) is 12.1. The third-order valence-corrected chi connectivity index (χ3v) is 3.27. The predicted octanol–water partition coefficient (Wildman–Crippen LogP) is 4.03. The molecule has 3 heteroatoms. The number of hydrogen-bond acceptors (Lipinski definition) is 2. The highest BCUT2D eigenvalue weighted by Gasteiger charge is 2.04. The van der Waals surface area contributed by atoms with E-state index < -0.39 is 0 Å². The third kappa shape index (κ3) is 3.60. The topological polar surface area (TPSA) is 29.9 Å².